The zero-order valence-electron chi connectivity index (χ0n) is 15.6. The molecule has 0 spiro atoms. The third-order valence-corrected chi connectivity index (χ3v) is 3.57. The molecule has 0 radical (unpaired) electrons. The van der Waals surface area contributed by atoms with Crippen molar-refractivity contribution in [2.24, 2.45) is 5.16 Å². The van der Waals surface area contributed by atoms with Crippen LogP contribution < -0.4 is 0 Å². The molecular weight excluding hydrogens is 353 g/mol. The molecule has 2 aromatic rings. The maximum atomic E-state index is 13.1. The maximum absolute atomic E-state index is 13.1. The number of methoxy groups -OCH3 is 1. The number of rotatable bonds is 6. The van der Waals surface area contributed by atoms with Crippen molar-refractivity contribution in [1.29, 1.82) is 5.41 Å². The highest BCUT2D eigenvalue weighted by atomic mass is 19.1. The van der Waals surface area contributed by atoms with Gasteiger partial charge in [-0.15, -0.1) is 0 Å². The Labute approximate surface area is 157 Å². The number of benzene rings is 1. The summed E-state index contributed by atoms with van der Waals surface area (Å²) in [6.45, 7) is 3.54. The number of hydrogen-bond donors (Lipinski definition) is 2. The first-order valence-corrected chi connectivity index (χ1v) is 7.94. The van der Waals surface area contributed by atoms with Crippen LogP contribution in [0, 0.1) is 18.3 Å². The Morgan fingerprint density at radius 1 is 1.26 bits per heavy atom. The molecule has 8 heteroatoms. The fourth-order valence-electron chi connectivity index (χ4n) is 2.19. The molecule has 0 unspecified atom stereocenters. The molecule has 0 fully saturated rings. The fraction of sp³-hybridized carbons (Fsp3) is 0.263. The smallest absolute Gasteiger partial charge is 0.356 e. The Bertz CT molecular complexity index is 837. The first kappa shape index (κ1) is 21.9. The molecule has 144 valence electrons. The standard InChI is InChI=1S/C18H18FN3O3.CH4O/c1-11-6-4-7-13(17(20)18(23)24-3)14(11)10-25-22-12(2)15-8-5-9-16(19)21-15;1-2/h4-9,20H,10H2,1-3H3;2H,1H3/b20-17?,22-12+;. The number of aryl methyl sites for hydroxylation is 1. The van der Waals surface area contributed by atoms with Gasteiger partial charge in [0.1, 0.15) is 18.0 Å². The number of hydrogen-bond acceptors (Lipinski definition) is 7. The minimum Gasteiger partial charge on any atom is -0.464 e. The van der Waals surface area contributed by atoms with E-state index in [1.54, 1.807) is 25.1 Å². The van der Waals surface area contributed by atoms with Crippen LogP contribution in [-0.4, -0.2) is 41.7 Å². The van der Waals surface area contributed by atoms with Crippen molar-refractivity contribution in [1.82, 2.24) is 4.98 Å². The minimum absolute atomic E-state index is 0.0496. The van der Waals surface area contributed by atoms with E-state index in [9.17, 15) is 9.18 Å². The molecule has 27 heavy (non-hydrogen) atoms. The largest absolute Gasteiger partial charge is 0.464 e. The lowest BCUT2D eigenvalue weighted by atomic mass is 9.99. The van der Waals surface area contributed by atoms with Gasteiger partial charge in [0, 0.05) is 18.2 Å². The van der Waals surface area contributed by atoms with Crippen molar-refractivity contribution in [2.45, 2.75) is 20.5 Å². The van der Waals surface area contributed by atoms with Gasteiger partial charge >= 0.3 is 5.97 Å². The molecule has 7 nitrogen and oxygen atoms in total. The van der Waals surface area contributed by atoms with E-state index in [0.717, 1.165) is 12.7 Å². The number of aliphatic hydroxyl groups excluding tert-OH is 1. The average Bonchev–Trinajstić information content (AvgIpc) is 2.69. The molecule has 0 saturated heterocycles. The molecule has 0 atom stereocenters. The lowest BCUT2D eigenvalue weighted by Gasteiger charge is -2.12. The van der Waals surface area contributed by atoms with Gasteiger partial charge in [-0.25, -0.2) is 9.78 Å². The maximum Gasteiger partial charge on any atom is 0.356 e. The predicted octanol–water partition coefficient (Wildman–Crippen LogP) is 2.62. The molecule has 0 aliphatic carbocycles. The second kappa shape index (κ2) is 10.8. The first-order chi connectivity index (χ1) is 12.9. The topological polar surface area (TPSA) is 105 Å². The van der Waals surface area contributed by atoms with Crippen LogP contribution >= 0.6 is 0 Å². The highest BCUT2D eigenvalue weighted by Gasteiger charge is 2.17. The Balaban J connectivity index is 0.00000176. The Morgan fingerprint density at radius 3 is 2.56 bits per heavy atom. The van der Waals surface area contributed by atoms with Crippen LogP contribution in [0.25, 0.3) is 0 Å². The monoisotopic (exact) mass is 375 g/mol. The number of pyridine rings is 1. The van der Waals surface area contributed by atoms with E-state index in [2.05, 4.69) is 14.9 Å². The molecule has 1 aromatic carbocycles. The highest BCUT2D eigenvalue weighted by Crippen LogP contribution is 2.17. The Hall–Kier alpha value is -3.13. The molecule has 0 bridgehead atoms. The Kier molecular flexibility index (Phi) is 8.74. The van der Waals surface area contributed by atoms with Crippen LogP contribution in [0.4, 0.5) is 4.39 Å². The van der Waals surface area contributed by atoms with Gasteiger partial charge in [0.05, 0.1) is 12.8 Å². The second-order valence-electron chi connectivity index (χ2n) is 5.26. The summed E-state index contributed by atoms with van der Waals surface area (Å²) in [5.74, 6) is -1.32. The van der Waals surface area contributed by atoms with Gasteiger partial charge in [-0.1, -0.05) is 29.4 Å². The fourth-order valence-corrected chi connectivity index (χ4v) is 2.19. The zero-order chi connectivity index (χ0) is 20.4. The predicted molar refractivity (Wildman–Crippen MR) is 99.4 cm³/mol. The van der Waals surface area contributed by atoms with Gasteiger partial charge in [-0.3, -0.25) is 5.41 Å². The van der Waals surface area contributed by atoms with Gasteiger partial charge in [0.25, 0.3) is 0 Å². The summed E-state index contributed by atoms with van der Waals surface area (Å²) >= 11 is 0. The number of carbonyl (C=O) groups excluding carboxylic acids is 1. The van der Waals surface area contributed by atoms with Crippen LogP contribution in [0.1, 0.15) is 29.3 Å². The van der Waals surface area contributed by atoms with Crippen molar-refractivity contribution < 1.29 is 23.9 Å². The number of nitrogens with one attached hydrogen (secondary N) is 1. The summed E-state index contributed by atoms with van der Waals surface area (Å²) in [5, 5.41) is 18.9. The van der Waals surface area contributed by atoms with E-state index in [1.165, 1.54) is 19.2 Å². The Morgan fingerprint density at radius 2 is 1.93 bits per heavy atom. The number of oxime groups is 1. The van der Waals surface area contributed by atoms with Crippen LogP contribution in [0.15, 0.2) is 41.6 Å². The summed E-state index contributed by atoms with van der Waals surface area (Å²) in [5.41, 5.74) is 2.45. The number of halogens is 1. The molecule has 1 heterocycles. The van der Waals surface area contributed by atoms with E-state index in [-0.39, 0.29) is 12.3 Å². The van der Waals surface area contributed by atoms with E-state index < -0.39 is 11.9 Å². The molecule has 1 aromatic heterocycles. The van der Waals surface area contributed by atoms with Gasteiger partial charge in [0.15, 0.2) is 0 Å². The highest BCUT2D eigenvalue weighted by molar-refractivity contribution is 6.42. The van der Waals surface area contributed by atoms with Gasteiger partial charge < -0.3 is 14.7 Å². The first-order valence-electron chi connectivity index (χ1n) is 7.94. The lowest BCUT2D eigenvalue weighted by molar-refractivity contribution is -0.132. The summed E-state index contributed by atoms with van der Waals surface area (Å²) in [6.07, 6.45) is 0. The molecule has 0 aliphatic heterocycles. The van der Waals surface area contributed by atoms with Crippen LogP contribution in [0.2, 0.25) is 0 Å². The summed E-state index contributed by atoms with van der Waals surface area (Å²) in [7, 11) is 2.22. The summed E-state index contributed by atoms with van der Waals surface area (Å²) in [6, 6.07) is 9.64. The second-order valence-corrected chi connectivity index (χ2v) is 5.26. The quantitative estimate of drug-likeness (QED) is 0.349. The zero-order valence-corrected chi connectivity index (χ0v) is 15.6. The van der Waals surface area contributed by atoms with Crippen molar-refractivity contribution in [3.05, 3.63) is 64.7 Å². The molecule has 2 rings (SSSR count). The molecule has 0 amide bonds. The summed E-state index contributed by atoms with van der Waals surface area (Å²) < 4.78 is 17.7. The molecule has 0 saturated carbocycles. The third kappa shape index (κ3) is 5.96. The van der Waals surface area contributed by atoms with Gasteiger partial charge in [-0.2, -0.15) is 4.39 Å². The van der Waals surface area contributed by atoms with Crippen LogP contribution in [0.3, 0.4) is 0 Å². The third-order valence-electron chi connectivity index (χ3n) is 3.57. The SMILES string of the molecule is CO.COC(=O)C(=N)c1cccc(C)c1CO/N=C(\C)c1cccc(F)n1. The number of aliphatic hydroxyl groups is 1. The number of ether oxygens (including phenoxy) is 1. The van der Waals surface area contributed by atoms with E-state index in [4.69, 9.17) is 15.4 Å². The lowest BCUT2D eigenvalue weighted by Crippen LogP contribution is -2.18. The molecular formula is C19H22FN3O4. The number of nitrogens with zero attached hydrogens (tertiary/aromatic N) is 2. The van der Waals surface area contributed by atoms with E-state index in [0.29, 0.717) is 22.5 Å². The molecule has 0 aliphatic rings. The van der Waals surface area contributed by atoms with Gasteiger partial charge in [0.2, 0.25) is 5.95 Å². The van der Waals surface area contributed by atoms with Crippen LogP contribution in [-0.2, 0) is 21.0 Å². The van der Waals surface area contributed by atoms with Gasteiger partial charge in [-0.05, 0) is 31.5 Å². The van der Waals surface area contributed by atoms with E-state index in [1.807, 2.05) is 13.0 Å². The minimum atomic E-state index is -0.726. The normalized spacial score (nSPS) is 10.5. The van der Waals surface area contributed by atoms with Crippen molar-refractivity contribution >= 4 is 17.4 Å². The number of aromatic nitrogens is 1. The van der Waals surface area contributed by atoms with E-state index >= 15 is 0 Å². The van der Waals surface area contributed by atoms with Crippen LogP contribution in [0.5, 0.6) is 0 Å². The van der Waals surface area contributed by atoms with Crippen molar-refractivity contribution in [2.75, 3.05) is 14.2 Å². The summed E-state index contributed by atoms with van der Waals surface area (Å²) in [4.78, 5) is 20.7. The average molecular weight is 375 g/mol. The number of carbonyl (C=O) groups is 1. The van der Waals surface area contributed by atoms with Crippen molar-refractivity contribution in [3.8, 4) is 0 Å². The molecule has 2 N–H and O–H groups in total. The van der Waals surface area contributed by atoms with Crippen molar-refractivity contribution in [3.63, 3.8) is 0 Å². The number of esters is 1.